The zero-order chi connectivity index (χ0) is 12.8. The topological polar surface area (TPSA) is 60.8 Å². The molecule has 17 heavy (non-hydrogen) atoms. The fourth-order valence-electron chi connectivity index (χ4n) is 1.54. The van der Waals surface area contributed by atoms with E-state index in [1.54, 1.807) is 0 Å². The van der Waals surface area contributed by atoms with E-state index in [4.69, 9.17) is 0 Å². The van der Waals surface area contributed by atoms with Crippen LogP contribution in [0, 0.1) is 0 Å². The van der Waals surface area contributed by atoms with Gasteiger partial charge in [0.25, 0.3) is 5.91 Å². The van der Waals surface area contributed by atoms with Crippen molar-refractivity contribution < 1.29 is 15.0 Å². The number of amides is 1. The molecule has 0 aliphatic carbocycles. The second kappa shape index (κ2) is 6.37. The fraction of sp³-hybridized carbons (Fsp3) is 0.462. The van der Waals surface area contributed by atoms with Crippen LogP contribution in [0.5, 0.6) is 0 Å². The molecule has 4 heteroatoms. The van der Waals surface area contributed by atoms with Crippen LogP contribution in [0.2, 0.25) is 0 Å². The number of aliphatic hydroxyl groups is 2. The number of carbonyl (C=O) groups is 1. The fourth-order valence-corrected chi connectivity index (χ4v) is 1.54. The van der Waals surface area contributed by atoms with E-state index in [0.717, 1.165) is 5.56 Å². The molecule has 1 amide bonds. The lowest BCUT2D eigenvalue weighted by Gasteiger charge is -2.25. The molecular weight excluding hydrogens is 218 g/mol. The second-order valence-electron chi connectivity index (χ2n) is 4.02. The quantitative estimate of drug-likeness (QED) is 0.795. The summed E-state index contributed by atoms with van der Waals surface area (Å²) in [6, 6.07) is 9.55. The minimum atomic E-state index is -1.35. The number of hydrogen-bond donors (Lipinski definition) is 2. The number of carbonyl (C=O) groups excluding carboxylic acids is 1. The maximum absolute atomic E-state index is 11.8. The molecule has 0 bridgehead atoms. The van der Waals surface area contributed by atoms with Gasteiger partial charge in [0.05, 0.1) is 6.10 Å². The Morgan fingerprint density at radius 2 is 1.88 bits per heavy atom. The smallest absolute Gasteiger partial charge is 0.254 e. The standard InChI is InChI=1S/C13H19NO3/c1-3-14(13(17)12(16)10(2)15)9-11-7-5-4-6-8-11/h4-8,10,12,15-16H,3,9H2,1-2H3/t10-,12+/m0/s1. The molecule has 2 N–H and O–H groups in total. The van der Waals surface area contributed by atoms with Crippen molar-refractivity contribution in [2.45, 2.75) is 32.6 Å². The third-order valence-corrected chi connectivity index (χ3v) is 2.62. The molecule has 0 fully saturated rings. The van der Waals surface area contributed by atoms with Gasteiger partial charge in [-0.2, -0.15) is 0 Å². The number of rotatable bonds is 5. The van der Waals surface area contributed by atoms with Crippen LogP contribution in [0.3, 0.4) is 0 Å². The predicted molar refractivity (Wildman–Crippen MR) is 65.2 cm³/mol. The predicted octanol–water partition coefficient (Wildman–Crippen LogP) is 0.777. The summed E-state index contributed by atoms with van der Waals surface area (Å²) >= 11 is 0. The molecule has 94 valence electrons. The van der Waals surface area contributed by atoms with Crippen LogP contribution in [0.1, 0.15) is 19.4 Å². The number of aliphatic hydroxyl groups excluding tert-OH is 2. The first-order valence-corrected chi connectivity index (χ1v) is 5.75. The Labute approximate surface area is 101 Å². The first-order chi connectivity index (χ1) is 8.06. The average molecular weight is 237 g/mol. The van der Waals surface area contributed by atoms with Crippen molar-refractivity contribution in [1.82, 2.24) is 4.90 Å². The van der Waals surface area contributed by atoms with E-state index in [-0.39, 0.29) is 0 Å². The van der Waals surface area contributed by atoms with E-state index in [0.29, 0.717) is 13.1 Å². The Kier molecular flexibility index (Phi) is 5.12. The van der Waals surface area contributed by atoms with Crippen molar-refractivity contribution >= 4 is 5.91 Å². The normalized spacial score (nSPS) is 14.1. The molecule has 1 aromatic rings. The highest BCUT2D eigenvalue weighted by molar-refractivity contribution is 5.81. The van der Waals surface area contributed by atoms with Crippen LogP contribution < -0.4 is 0 Å². The molecule has 0 radical (unpaired) electrons. The molecule has 0 unspecified atom stereocenters. The number of likely N-dealkylation sites (N-methyl/N-ethyl adjacent to an activating group) is 1. The number of nitrogens with zero attached hydrogens (tertiary/aromatic N) is 1. The van der Waals surface area contributed by atoms with Gasteiger partial charge in [0.15, 0.2) is 6.10 Å². The molecule has 0 saturated carbocycles. The van der Waals surface area contributed by atoms with E-state index in [2.05, 4.69) is 0 Å². The highest BCUT2D eigenvalue weighted by atomic mass is 16.3. The third-order valence-electron chi connectivity index (χ3n) is 2.62. The Bertz CT molecular complexity index is 351. The first-order valence-electron chi connectivity index (χ1n) is 5.75. The molecule has 0 heterocycles. The average Bonchev–Trinajstić information content (AvgIpc) is 2.35. The van der Waals surface area contributed by atoms with E-state index < -0.39 is 18.1 Å². The molecule has 0 aliphatic rings. The van der Waals surface area contributed by atoms with Gasteiger partial charge in [-0.25, -0.2) is 0 Å². The zero-order valence-electron chi connectivity index (χ0n) is 10.2. The monoisotopic (exact) mass is 237 g/mol. The van der Waals surface area contributed by atoms with Gasteiger partial charge >= 0.3 is 0 Å². The maximum atomic E-state index is 11.8. The minimum Gasteiger partial charge on any atom is -0.390 e. The Morgan fingerprint density at radius 3 is 2.35 bits per heavy atom. The lowest BCUT2D eigenvalue weighted by Crippen LogP contribution is -2.43. The third kappa shape index (κ3) is 3.84. The Hall–Kier alpha value is -1.39. The molecule has 0 spiro atoms. The van der Waals surface area contributed by atoms with Crippen LogP contribution in [0.4, 0.5) is 0 Å². The molecule has 0 aromatic heterocycles. The maximum Gasteiger partial charge on any atom is 0.254 e. The van der Waals surface area contributed by atoms with Crippen LogP contribution in [-0.4, -0.2) is 39.8 Å². The highest BCUT2D eigenvalue weighted by Gasteiger charge is 2.25. The van der Waals surface area contributed by atoms with E-state index in [1.165, 1.54) is 11.8 Å². The summed E-state index contributed by atoms with van der Waals surface area (Å²) in [6.07, 6.45) is -2.40. The van der Waals surface area contributed by atoms with Crippen molar-refractivity contribution in [3.05, 3.63) is 35.9 Å². The SMILES string of the molecule is CCN(Cc1ccccc1)C(=O)[C@H](O)[C@H](C)O. The van der Waals surface area contributed by atoms with E-state index >= 15 is 0 Å². The van der Waals surface area contributed by atoms with Crippen molar-refractivity contribution in [3.63, 3.8) is 0 Å². The number of hydrogen-bond acceptors (Lipinski definition) is 3. The zero-order valence-corrected chi connectivity index (χ0v) is 10.2. The largest absolute Gasteiger partial charge is 0.390 e. The number of benzene rings is 1. The van der Waals surface area contributed by atoms with Crippen molar-refractivity contribution in [1.29, 1.82) is 0 Å². The van der Waals surface area contributed by atoms with Crippen LogP contribution >= 0.6 is 0 Å². The van der Waals surface area contributed by atoms with E-state index in [9.17, 15) is 15.0 Å². The second-order valence-corrected chi connectivity index (χ2v) is 4.02. The summed E-state index contributed by atoms with van der Waals surface area (Å²) in [5.74, 6) is -0.439. The van der Waals surface area contributed by atoms with Gasteiger partial charge in [-0.3, -0.25) is 4.79 Å². The van der Waals surface area contributed by atoms with Crippen molar-refractivity contribution in [3.8, 4) is 0 Å². The summed E-state index contributed by atoms with van der Waals surface area (Å²) in [6.45, 7) is 4.19. The molecule has 0 saturated heterocycles. The summed E-state index contributed by atoms with van der Waals surface area (Å²) in [5, 5.41) is 18.7. The van der Waals surface area contributed by atoms with Crippen LogP contribution in [-0.2, 0) is 11.3 Å². The van der Waals surface area contributed by atoms with Gasteiger partial charge in [-0.05, 0) is 19.4 Å². The lowest BCUT2D eigenvalue weighted by atomic mass is 10.1. The summed E-state index contributed by atoms with van der Waals surface area (Å²) in [4.78, 5) is 13.4. The lowest BCUT2D eigenvalue weighted by molar-refractivity contribution is -0.145. The van der Waals surface area contributed by atoms with Crippen LogP contribution in [0.25, 0.3) is 0 Å². The van der Waals surface area contributed by atoms with Gasteiger partial charge < -0.3 is 15.1 Å². The van der Waals surface area contributed by atoms with Gasteiger partial charge in [0.1, 0.15) is 0 Å². The Balaban J connectivity index is 2.69. The first kappa shape index (κ1) is 13.7. The molecular formula is C13H19NO3. The van der Waals surface area contributed by atoms with Crippen LogP contribution in [0.15, 0.2) is 30.3 Å². The summed E-state index contributed by atoms with van der Waals surface area (Å²) in [5.41, 5.74) is 1.00. The molecule has 2 atom stereocenters. The summed E-state index contributed by atoms with van der Waals surface area (Å²) < 4.78 is 0. The molecule has 1 rings (SSSR count). The van der Waals surface area contributed by atoms with Gasteiger partial charge in [-0.15, -0.1) is 0 Å². The van der Waals surface area contributed by atoms with Gasteiger partial charge in [0.2, 0.25) is 0 Å². The summed E-state index contributed by atoms with van der Waals surface area (Å²) in [7, 11) is 0. The van der Waals surface area contributed by atoms with Crippen molar-refractivity contribution in [2.75, 3.05) is 6.54 Å². The molecule has 4 nitrogen and oxygen atoms in total. The van der Waals surface area contributed by atoms with E-state index in [1.807, 2.05) is 37.3 Å². The highest BCUT2D eigenvalue weighted by Crippen LogP contribution is 2.07. The molecule has 1 aromatic carbocycles. The minimum absolute atomic E-state index is 0.439. The Morgan fingerprint density at radius 1 is 1.29 bits per heavy atom. The van der Waals surface area contributed by atoms with Gasteiger partial charge in [-0.1, -0.05) is 30.3 Å². The molecule has 0 aliphatic heterocycles. The van der Waals surface area contributed by atoms with Crippen molar-refractivity contribution in [2.24, 2.45) is 0 Å². The van der Waals surface area contributed by atoms with Gasteiger partial charge in [0, 0.05) is 13.1 Å².